The van der Waals surface area contributed by atoms with Crippen LogP contribution in [0.2, 0.25) is 4.34 Å². The lowest BCUT2D eigenvalue weighted by atomic mass is 10.1. The van der Waals surface area contributed by atoms with Gasteiger partial charge in [0, 0.05) is 32.3 Å². The normalized spacial score (nSPS) is 11.6. The van der Waals surface area contributed by atoms with Crippen molar-refractivity contribution in [1.82, 2.24) is 9.55 Å². The molecule has 0 saturated heterocycles. The van der Waals surface area contributed by atoms with Gasteiger partial charge in [-0.3, -0.25) is 14.9 Å². The Hall–Kier alpha value is -2.69. The predicted octanol–water partition coefficient (Wildman–Crippen LogP) is 4.53. The first-order valence-corrected chi connectivity index (χ1v) is 13.6. The molecule has 0 aliphatic heterocycles. The quantitative estimate of drug-likeness (QED) is 0.413. The molecule has 3 rings (SSSR count). The van der Waals surface area contributed by atoms with E-state index in [1.807, 2.05) is 30.7 Å². The minimum atomic E-state index is -3.28. The Morgan fingerprint density at radius 1 is 1.24 bits per heavy atom. The van der Waals surface area contributed by atoms with E-state index in [2.05, 4.69) is 10.3 Å². The number of carbonyl (C=O) groups is 2. The Morgan fingerprint density at radius 3 is 2.50 bits per heavy atom. The molecular weight excluding hydrogens is 498 g/mol. The number of nitrogens with one attached hydrogen (secondary N) is 1. The van der Waals surface area contributed by atoms with Gasteiger partial charge >= 0.3 is 5.97 Å². The van der Waals surface area contributed by atoms with Gasteiger partial charge in [0.15, 0.2) is 15.0 Å². The van der Waals surface area contributed by atoms with Crippen molar-refractivity contribution in [1.29, 1.82) is 0 Å². The lowest BCUT2D eigenvalue weighted by molar-refractivity contribution is -0.140. The van der Waals surface area contributed by atoms with Crippen LogP contribution in [0.5, 0.6) is 0 Å². The molecule has 1 amide bonds. The van der Waals surface area contributed by atoms with Crippen LogP contribution >= 0.6 is 22.9 Å². The van der Waals surface area contributed by atoms with Crippen LogP contribution in [-0.4, -0.2) is 42.7 Å². The summed E-state index contributed by atoms with van der Waals surface area (Å²) >= 11 is 7.37. The molecule has 0 spiro atoms. The Morgan fingerprint density at radius 2 is 1.91 bits per heavy atom. The van der Waals surface area contributed by atoms with E-state index < -0.39 is 9.84 Å². The summed E-state index contributed by atoms with van der Waals surface area (Å²) in [6, 6.07) is 8.44. The zero-order valence-corrected chi connectivity index (χ0v) is 21.7. The van der Waals surface area contributed by atoms with Gasteiger partial charge in [0.05, 0.1) is 17.2 Å². The third-order valence-corrected chi connectivity index (χ3v) is 7.42. The molecule has 0 saturated carbocycles. The molecule has 0 aliphatic rings. The summed E-state index contributed by atoms with van der Waals surface area (Å²) in [6.07, 6.45) is 3.43. The van der Waals surface area contributed by atoms with Crippen LogP contribution < -0.4 is 5.32 Å². The number of hydrogen-bond acceptors (Lipinski definition) is 7. The fraction of sp³-hybridized carbons (Fsp3) is 0.348. The highest BCUT2D eigenvalue weighted by Gasteiger charge is 2.19. The van der Waals surface area contributed by atoms with Gasteiger partial charge in [-0.15, -0.1) is 0 Å². The predicted molar refractivity (Wildman–Crippen MR) is 133 cm³/mol. The Labute approximate surface area is 207 Å². The van der Waals surface area contributed by atoms with Crippen molar-refractivity contribution in [3.63, 3.8) is 0 Å². The molecule has 0 fully saturated rings. The average Bonchev–Trinajstić information content (AvgIpc) is 3.31. The summed E-state index contributed by atoms with van der Waals surface area (Å²) in [6.45, 7) is 5.96. The number of thiazole rings is 1. The summed E-state index contributed by atoms with van der Waals surface area (Å²) in [5.74, 6) is -0.508. The van der Waals surface area contributed by atoms with E-state index >= 15 is 0 Å². The van der Waals surface area contributed by atoms with E-state index in [0.717, 1.165) is 28.7 Å². The Balaban J connectivity index is 1.80. The number of benzene rings is 1. The number of carbonyl (C=O) groups excluding carboxylic acids is 2. The number of rotatable bonds is 9. The number of esters is 1. The van der Waals surface area contributed by atoms with Gasteiger partial charge in [0.2, 0.25) is 0 Å². The van der Waals surface area contributed by atoms with Crippen LogP contribution in [0.25, 0.3) is 0 Å². The Bertz CT molecular complexity index is 1290. The molecule has 0 atom stereocenters. The first-order valence-electron chi connectivity index (χ1n) is 10.5. The van der Waals surface area contributed by atoms with Crippen LogP contribution in [0.15, 0.2) is 41.4 Å². The van der Waals surface area contributed by atoms with Crippen LogP contribution in [0.1, 0.15) is 54.0 Å². The molecule has 1 N–H and O–H groups in total. The molecule has 34 heavy (non-hydrogen) atoms. The minimum absolute atomic E-state index is 0.158. The number of amides is 1. The molecule has 11 heteroatoms. The van der Waals surface area contributed by atoms with Crippen molar-refractivity contribution >= 4 is 49.8 Å². The van der Waals surface area contributed by atoms with Gasteiger partial charge in [-0.1, -0.05) is 48.9 Å². The summed E-state index contributed by atoms with van der Waals surface area (Å²) < 4.78 is 30.6. The van der Waals surface area contributed by atoms with Crippen molar-refractivity contribution in [3.05, 3.63) is 63.4 Å². The Kier molecular flexibility index (Phi) is 8.17. The maximum Gasteiger partial charge on any atom is 0.302 e. The van der Waals surface area contributed by atoms with Gasteiger partial charge in [0.1, 0.15) is 10.0 Å². The average molecular weight is 524 g/mol. The van der Waals surface area contributed by atoms with Gasteiger partial charge in [-0.2, -0.15) is 0 Å². The number of nitrogens with zero attached hydrogens (tertiary/aromatic N) is 2. The summed E-state index contributed by atoms with van der Waals surface area (Å²) in [7, 11) is -3.28. The monoisotopic (exact) mass is 523 g/mol. The molecular formula is C23H26ClN3O5S2. The van der Waals surface area contributed by atoms with E-state index in [4.69, 9.17) is 16.3 Å². The van der Waals surface area contributed by atoms with E-state index in [9.17, 15) is 18.0 Å². The molecule has 2 aromatic heterocycles. The smallest absolute Gasteiger partial charge is 0.302 e. The highest BCUT2D eigenvalue weighted by molar-refractivity contribution is 7.90. The maximum atomic E-state index is 13.1. The van der Waals surface area contributed by atoms with Crippen molar-refractivity contribution in [3.8, 4) is 0 Å². The maximum absolute atomic E-state index is 13.1. The minimum Gasteiger partial charge on any atom is -0.465 e. The highest BCUT2D eigenvalue weighted by atomic mass is 35.5. The van der Waals surface area contributed by atoms with E-state index in [0.29, 0.717) is 33.8 Å². The van der Waals surface area contributed by atoms with E-state index in [1.54, 1.807) is 24.3 Å². The topological polar surface area (TPSA) is 107 Å². The fourth-order valence-corrected chi connectivity index (χ4v) is 4.92. The second kappa shape index (κ2) is 10.7. The molecule has 182 valence electrons. The zero-order chi connectivity index (χ0) is 25.0. The molecule has 3 aromatic rings. The number of sulfone groups is 1. The van der Waals surface area contributed by atoms with Crippen molar-refractivity contribution in [2.24, 2.45) is 0 Å². The zero-order valence-electron chi connectivity index (χ0n) is 19.3. The number of anilines is 1. The van der Waals surface area contributed by atoms with Gasteiger partial charge < -0.3 is 9.30 Å². The number of ether oxygens (including phenoxy) is 1. The third kappa shape index (κ3) is 6.68. The summed E-state index contributed by atoms with van der Waals surface area (Å²) in [4.78, 5) is 28.7. The van der Waals surface area contributed by atoms with Gasteiger partial charge in [0.25, 0.3) is 5.91 Å². The van der Waals surface area contributed by atoms with E-state index in [-0.39, 0.29) is 29.3 Å². The molecule has 2 heterocycles. The second-order valence-electron chi connectivity index (χ2n) is 8.14. The molecule has 0 unspecified atom stereocenters. The SMILES string of the molecule is CC(=O)OCCc1nc(NC(=O)c2cc(C(C)C)cn2Cc2ccc(S(C)(=O)=O)cc2)sc1Cl. The van der Waals surface area contributed by atoms with E-state index in [1.165, 1.54) is 6.92 Å². The summed E-state index contributed by atoms with van der Waals surface area (Å²) in [5.41, 5.74) is 2.85. The van der Waals surface area contributed by atoms with Crippen molar-refractivity contribution in [2.45, 2.75) is 44.6 Å². The number of halogens is 1. The molecule has 8 nitrogen and oxygen atoms in total. The molecule has 1 aromatic carbocycles. The lowest BCUT2D eigenvalue weighted by Crippen LogP contribution is -2.17. The second-order valence-corrected chi connectivity index (χ2v) is 11.8. The summed E-state index contributed by atoms with van der Waals surface area (Å²) in [5, 5.41) is 3.15. The molecule has 0 aliphatic carbocycles. The highest BCUT2D eigenvalue weighted by Crippen LogP contribution is 2.29. The van der Waals surface area contributed by atoms with Crippen molar-refractivity contribution < 1.29 is 22.7 Å². The van der Waals surface area contributed by atoms with Gasteiger partial charge in [-0.25, -0.2) is 13.4 Å². The lowest BCUT2D eigenvalue weighted by Gasteiger charge is -2.09. The first kappa shape index (κ1) is 25.9. The van der Waals surface area contributed by atoms with Crippen LogP contribution in [0, 0.1) is 0 Å². The molecule has 0 radical (unpaired) electrons. The largest absolute Gasteiger partial charge is 0.465 e. The van der Waals surface area contributed by atoms with Crippen LogP contribution in [0.4, 0.5) is 5.13 Å². The fourth-order valence-electron chi connectivity index (χ4n) is 3.20. The standard InChI is InChI=1S/C23H26ClN3O5S2/c1-14(2)17-11-20(27(13-17)12-16-5-7-18(8-6-16)34(4,30)31)22(29)26-23-25-19(21(24)33-23)9-10-32-15(3)28/h5-8,11,13-14H,9-10,12H2,1-4H3,(H,25,26,29). The van der Waals surface area contributed by atoms with Crippen LogP contribution in [0.3, 0.4) is 0 Å². The van der Waals surface area contributed by atoms with Crippen molar-refractivity contribution in [2.75, 3.05) is 18.2 Å². The first-order chi connectivity index (χ1) is 15.9. The van der Waals surface area contributed by atoms with Gasteiger partial charge in [-0.05, 0) is 35.2 Å². The third-order valence-electron chi connectivity index (χ3n) is 5.04. The number of hydrogen-bond donors (Lipinski definition) is 1. The number of aromatic nitrogens is 2. The van der Waals surface area contributed by atoms with Crippen LogP contribution in [-0.2, 0) is 32.3 Å². The molecule has 0 bridgehead atoms.